The minimum Gasteiger partial charge on any atom is -0.395 e. The van der Waals surface area contributed by atoms with Gasteiger partial charge in [-0.15, -0.1) is 0 Å². The second kappa shape index (κ2) is 11.2. The van der Waals surface area contributed by atoms with E-state index >= 15 is 0 Å². The van der Waals surface area contributed by atoms with Gasteiger partial charge >= 0.3 is 0 Å². The third-order valence-corrected chi connectivity index (χ3v) is 6.12. The molecule has 0 unspecified atom stereocenters. The van der Waals surface area contributed by atoms with Crippen molar-refractivity contribution in [2.45, 2.75) is 13.1 Å². The Morgan fingerprint density at radius 2 is 1.62 bits per heavy atom. The lowest BCUT2D eigenvalue weighted by molar-refractivity contribution is -0.384. The fraction of sp³-hybridized carbons (Fsp3) is 0.308. The molecule has 1 aliphatic rings. The summed E-state index contributed by atoms with van der Waals surface area (Å²) in [6.45, 7) is 5.20. The van der Waals surface area contributed by atoms with E-state index in [0.717, 1.165) is 49.4 Å². The van der Waals surface area contributed by atoms with E-state index in [1.165, 1.54) is 17.7 Å². The van der Waals surface area contributed by atoms with Gasteiger partial charge in [-0.1, -0.05) is 42.5 Å². The highest BCUT2D eigenvalue weighted by Gasteiger charge is 2.20. The number of aliphatic hydroxyl groups excluding tert-OH is 1. The summed E-state index contributed by atoms with van der Waals surface area (Å²) >= 11 is 0. The number of nitrogens with zero attached hydrogens (tertiary/aromatic N) is 3. The van der Waals surface area contributed by atoms with E-state index in [4.69, 9.17) is 5.11 Å². The van der Waals surface area contributed by atoms with Crippen LogP contribution < -0.4 is 5.32 Å². The highest BCUT2D eigenvalue weighted by Crippen LogP contribution is 2.27. The molecule has 0 aromatic heterocycles. The van der Waals surface area contributed by atoms with Gasteiger partial charge in [0.05, 0.1) is 11.5 Å². The lowest BCUT2D eigenvalue weighted by Crippen LogP contribution is -2.45. The number of hydrogen-bond donors (Lipinski definition) is 2. The van der Waals surface area contributed by atoms with E-state index in [1.54, 1.807) is 12.1 Å². The van der Waals surface area contributed by atoms with Gasteiger partial charge in [0.15, 0.2) is 0 Å². The molecule has 7 nitrogen and oxygen atoms in total. The zero-order valence-electron chi connectivity index (χ0n) is 19.0. The van der Waals surface area contributed by atoms with E-state index in [0.29, 0.717) is 12.2 Å². The Balaban J connectivity index is 1.36. The van der Waals surface area contributed by atoms with Crippen LogP contribution in [-0.4, -0.2) is 59.2 Å². The number of anilines is 1. The monoisotopic (exact) mass is 464 g/mol. The van der Waals surface area contributed by atoms with E-state index in [9.17, 15) is 14.5 Å². The predicted octanol–water partition coefficient (Wildman–Crippen LogP) is 4.12. The Morgan fingerprint density at radius 1 is 0.941 bits per heavy atom. The Kier molecular flexibility index (Phi) is 7.84. The Morgan fingerprint density at radius 3 is 2.29 bits per heavy atom. The van der Waals surface area contributed by atoms with Gasteiger partial charge < -0.3 is 10.4 Å². The molecule has 2 N–H and O–H groups in total. The number of nitro groups is 1. The molecule has 178 valence electrons. The van der Waals surface area contributed by atoms with Crippen LogP contribution in [0.2, 0.25) is 0 Å². The molecule has 1 heterocycles. The molecule has 3 aromatic carbocycles. The quantitative estimate of drug-likeness (QED) is 0.366. The van der Waals surface area contributed by atoms with Crippen molar-refractivity contribution >= 4 is 11.4 Å². The van der Waals surface area contributed by atoms with Gasteiger partial charge in [0, 0.05) is 51.9 Å². The van der Waals surface area contributed by atoms with Crippen molar-refractivity contribution in [3.8, 4) is 11.1 Å². The molecule has 1 aliphatic heterocycles. The molecule has 0 amide bonds. The number of benzene rings is 3. The molecule has 4 rings (SSSR count). The molecule has 1 saturated heterocycles. The van der Waals surface area contributed by atoms with Crippen molar-refractivity contribution < 1.29 is 14.4 Å². The molecule has 0 aliphatic carbocycles. The topological polar surface area (TPSA) is 81.9 Å². The molecule has 0 spiro atoms. The van der Waals surface area contributed by atoms with Crippen LogP contribution in [0, 0.1) is 15.9 Å². The van der Waals surface area contributed by atoms with Gasteiger partial charge in [0.2, 0.25) is 0 Å². The number of nitro benzene ring substituents is 1. The maximum atomic E-state index is 13.3. The maximum Gasteiger partial charge on any atom is 0.292 e. The number of rotatable bonds is 9. The van der Waals surface area contributed by atoms with Crippen LogP contribution in [0.1, 0.15) is 11.1 Å². The summed E-state index contributed by atoms with van der Waals surface area (Å²) in [4.78, 5) is 15.8. The molecule has 0 saturated carbocycles. The van der Waals surface area contributed by atoms with Gasteiger partial charge in [-0.05, 0) is 40.5 Å². The Labute approximate surface area is 198 Å². The first-order chi connectivity index (χ1) is 16.5. The third kappa shape index (κ3) is 5.96. The van der Waals surface area contributed by atoms with Gasteiger partial charge in [-0.3, -0.25) is 19.9 Å². The largest absolute Gasteiger partial charge is 0.395 e. The predicted molar refractivity (Wildman–Crippen MR) is 131 cm³/mol. The summed E-state index contributed by atoms with van der Waals surface area (Å²) in [6, 6.07) is 20.1. The first-order valence-corrected chi connectivity index (χ1v) is 11.4. The Hall–Kier alpha value is -3.33. The number of hydrogen-bond acceptors (Lipinski definition) is 6. The third-order valence-electron chi connectivity index (χ3n) is 6.12. The molecule has 0 radical (unpaired) electrons. The van der Waals surface area contributed by atoms with Crippen LogP contribution >= 0.6 is 0 Å². The van der Waals surface area contributed by atoms with Crippen LogP contribution in [0.15, 0.2) is 66.7 Å². The summed E-state index contributed by atoms with van der Waals surface area (Å²) in [5.41, 5.74) is 4.69. The van der Waals surface area contributed by atoms with E-state index in [-0.39, 0.29) is 29.6 Å². The number of halogens is 1. The highest BCUT2D eigenvalue weighted by atomic mass is 19.1. The molecule has 34 heavy (non-hydrogen) atoms. The van der Waals surface area contributed by atoms with Crippen LogP contribution in [0.4, 0.5) is 15.8 Å². The SMILES string of the molecule is O=[N+]([O-])c1cc(CN2CCN(Cc3ccccc3-c3ccc(F)cc3)CC2)ccc1NCCO. The minimum atomic E-state index is -0.389. The standard InChI is InChI=1S/C26H29FN4O3/c27-23-8-6-21(7-9-23)24-4-2-1-3-22(24)19-30-14-12-29(13-15-30)18-20-5-10-25(28-11-16-32)26(17-20)31(33)34/h1-10,17,28,32H,11-16,18-19H2. The first kappa shape index (κ1) is 23.8. The smallest absolute Gasteiger partial charge is 0.292 e. The summed E-state index contributed by atoms with van der Waals surface area (Å²) < 4.78 is 13.3. The second-order valence-corrected chi connectivity index (χ2v) is 8.48. The van der Waals surface area contributed by atoms with Crippen LogP contribution in [0.25, 0.3) is 11.1 Å². The lowest BCUT2D eigenvalue weighted by atomic mass is 9.99. The van der Waals surface area contributed by atoms with Crippen molar-refractivity contribution in [2.75, 3.05) is 44.6 Å². The number of piperazine rings is 1. The molecule has 0 bridgehead atoms. The maximum absolute atomic E-state index is 13.3. The van der Waals surface area contributed by atoms with Crippen LogP contribution in [-0.2, 0) is 13.1 Å². The first-order valence-electron chi connectivity index (χ1n) is 11.4. The van der Waals surface area contributed by atoms with Gasteiger partial charge in [-0.2, -0.15) is 0 Å². The van der Waals surface area contributed by atoms with Crippen molar-refractivity contribution in [1.82, 2.24) is 9.80 Å². The summed E-state index contributed by atoms with van der Waals surface area (Å²) in [5, 5.41) is 23.3. The molecule has 8 heteroatoms. The van der Waals surface area contributed by atoms with Crippen molar-refractivity contribution in [3.63, 3.8) is 0 Å². The van der Waals surface area contributed by atoms with Crippen LogP contribution in [0.5, 0.6) is 0 Å². The highest BCUT2D eigenvalue weighted by molar-refractivity contribution is 5.67. The zero-order valence-corrected chi connectivity index (χ0v) is 19.0. The normalized spacial score (nSPS) is 14.8. The summed E-state index contributed by atoms with van der Waals surface area (Å²) in [6.07, 6.45) is 0. The molecule has 1 fully saturated rings. The average Bonchev–Trinajstić information content (AvgIpc) is 2.85. The minimum absolute atomic E-state index is 0.0296. The molecule has 0 atom stereocenters. The van der Waals surface area contributed by atoms with Gasteiger partial charge in [-0.25, -0.2) is 4.39 Å². The fourth-order valence-corrected chi connectivity index (χ4v) is 4.34. The van der Waals surface area contributed by atoms with Gasteiger partial charge in [0.1, 0.15) is 11.5 Å². The van der Waals surface area contributed by atoms with E-state index < -0.39 is 0 Å². The zero-order chi connectivity index (χ0) is 23.9. The second-order valence-electron chi connectivity index (χ2n) is 8.48. The lowest BCUT2D eigenvalue weighted by Gasteiger charge is -2.35. The molecular formula is C26H29FN4O3. The van der Waals surface area contributed by atoms with Gasteiger partial charge in [0.25, 0.3) is 5.69 Å². The van der Waals surface area contributed by atoms with E-state index in [1.807, 2.05) is 30.3 Å². The summed E-state index contributed by atoms with van der Waals surface area (Å²) in [5.74, 6) is -0.237. The van der Waals surface area contributed by atoms with Crippen LogP contribution in [0.3, 0.4) is 0 Å². The van der Waals surface area contributed by atoms with Crippen molar-refractivity contribution in [2.24, 2.45) is 0 Å². The fourth-order valence-electron chi connectivity index (χ4n) is 4.34. The van der Waals surface area contributed by atoms with Crippen molar-refractivity contribution in [1.29, 1.82) is 0 Å². The molecule has 3 aromatic rings. The van der Waals surface area contributed by atoms with E-state index in [2.05, 4.69) is 27.2 Å². The summed E-state index contributed by atoms with van der Waals surface area (Å²) in [7, 11) is 0. The number of nitrogens with one attached hydrogen (secondary N) is 1. The Bertz CT molecular complexity index is 1120. The van der Waals surface area contributed by atoms with Crippen molar-refractivity contribution in [3.05, 3.63) is 93.8 Å². The average molecular weight is 465 g/mol. The number of aliphatic hydroxyl groups is 1. The molecular weight excluding hydrogens is 435 g/mol.